The predicted octanol–water partition coefficient (Wildman–Crippen LogP) is 16.8. The molecule has 0 aliphatic heterocycles. The van der Waals surface area contributed by atoms with Gasteiger partial charge in [0.25, 0.3) is 0 Å². The largest absolute Gasteiger partial charge is 0.456 e. The number of anilines is 3. The van der Waals surface area contributed by atoms with E-state index < -0.39 is 5.41 Å². The molecule has 306 valence electrons. The van der Waals surface area contributed by atoms with Crippen molar-refractivity contribution in [2.45, 2.75) is 5.41 Å². The van der Waals surface area contributed by atoms with E-state index in [2.05, 4.69) is 234 Å². The van der Waals surface area contributed by atoms with Gasteiger partial charge in [-0.3, -0.25) is 0 Å². The quantitative estimate of drug-likeness (QED) is 0.176. The van der Waals surface area contributed by atoms with Crippen molar-refractivity contribution < 1.29 is 4.42 Å². The molecule has 2 aromatic heterocycles. The van der Waals surface area contributed by atoms with Crippen LogP contribution in [0.2, 0.25) is 0 Å². The lowest BCUT2D eigenvalue weighted by Crippen LogP contribution is -2.31. The Bertz CT molecular complexity index is 4150. The average molecular weight is 839 g/mol. The Hall–Kier alpha value is -8.66. The van der Waals surface area contributed by atoms with E-state index in [1.165, 1.54) is 76.8 Å². The lowest BCUT2D eigenvalue weighted by Gasteiger charge is -2.40. The molecule has 0 unspecified atom stereocenters. The Morgan fingerprint density at radius 3 is 1.71 bits per heavy atom. The van der Waals surface area contributed by atoms with Crippen molar-refractivity contribution in [1.82, 2.24) is 4.57 Å². The van der Waals surface area contributed by atoms with Crippen LogP contribution in [0.3, 0.4) is 0 Å². The fourth-order valence-electron chi connectivity index (χ4n) is 12.2. The summed E-state index contributed by atoms with van der Waals surface area (Å²) in [7, 11) is 0. The Balaban J connectivity index is 1.03. The van der Waals surface area contributed by atoms with Crippen molar-refractivity contribution in [2.24, 2.45) is 0 Å². The summed E-state index contributed by atoms with van der Waals surface area (Å²) in [5.41, 5.74) is 18.5. The number of aromatic nitrogens is 1. The van der Waals surface area contributed by atoms with Crippen molar-refractivity contribution >= 4 is 82.4 Å². The van der Waals surface area contributed by atoms with Crippen molar-refractivity contribution in [1.29, 1.82) is 0 Å². The van der Waals surface area contributed by atoms with Crippen LogP contribution in [0.4, 0.5) is 17.1 Å². The van der Waals surface area contributed by atoms with E-state index in [4.69, 9.17) is 4.42 Å². The summed E-state index contributed by atoms with van der Waals surface area (Å²) in [4.78, 5) is 2.51. The van der Waals surface area contributed by atoms with Crippen molar-refractivity contribution in [3.05, 3.63) is 253 Å². The highest BCUT2D eigenvalue weighted by Gasteiger charge is 2.50. The number of rotatable bonds is 4. The molecular formula is C63H38N2O. The molecule has 11 aromatic carbocycles. The Kier molecular flexibility index (Phi) is 7.15. The number of fused-ring (bicyclic) bond motifs is 16. The van der Waals surface area contributed by atoms with E-state index in [-0.39, 0.29) is 0 Å². The highest BCUT2D eigenvalue weighted by atomic mass is 16.3. The van der Waals surface area contributed by atoms with Crippen LogP contribution in [0.5, 0.6) is 0 Å². The molecule has 1 spiro atoms. The number of hydrogen-bond acceptors (Lipinski definition) is 2. The monoisotopic (exact) mass is 838 g/mol. The molecule has 66 heavy (non-hydrogen) atoms. The van der Waals surface area contributed by atoms with Crippen LogP contribution >= 0.6 is 0 Å². The molecule has 2 heterocycles. The van der Waals surface area contributed by atoms with Gasteiger partial charge in [0.05, 0.1) is 27.8 Å². The molecular weight excluding hydrogens is 801 g/mol. The molecule has 0 bridgehead atoms. The minimum Gasteiger partial charge on any atom is -0.456 e. The lowest BCUT2D eigenvalue weighted by atomic mass is 9.61. The van der Waals surface area contributed by atoms with E-state index in [1.807, 2.05) is 6.07 Å². The molecule has 0 N–H and O–H groups in total. The van der Waals surface area contributed by atoms with Gasteiger partial charge in [0.2, 0.25) is 0 Å². The Morgan fingerprint density at radius 1 is 0.348 bits per heavy atom. The van der Waals surface area contributed by atoms with E-state index in [1.54, 1.807) is 0 Å². The van der Waals surface area contributed by atoms with Gasteiger partial charge in [-0.1, -0.05) is 176 Å². The number of benzene rings is 11. The third-order valence-electron chi connectivity index (χ3n) is 14.8. The van der Waals surface area contributed by atoms with Gasteiger partial charge >= 0.3 is 0 Å². The summed E-state index contributed by atoms with van der Waals surface area (Å²) in [5, 5.41) is 9.56. The van der Waals surface area contributed by atoms with Crippen LogP contribution in [-0.4, -0.2) is 4.57 Å². The fourth-order valence-corrected chi connectivity index (χ4v) is 12.2. The predicted molar refractivity (Wildman–Crippen MR) is 274 cm³/mol. The van der Waals surface area contributed by atoms with E-state index in [0.717, 1.165) is 55.7 Å². The highest BCUT2D eigenvalue weighted by Crippen LogP contribution is 2.62. The van der Waals surface area contributed by atoms with Crippen LogP contribution in [0.15, 0.2) is 235 Å². The van der Waals surface area contributed by atoms with Crippen LogP contribution in [0.25, 0.3) is 93.2 Å². The molecule has 0 saturated carbocycles. The summed E-state index contributed by atoms with van der Waals surface area (Å²) >= 11 is 0. The summed E-state index contributed by atoms with van der Waals surface area (Å²) in [5.74, 6) is 0. The Morgan fingerprint density at radius 2 is 0.909 bits per heavy atom. The normalized spacial score (nSPS) is 13.3. The maximum atomic E-state index is 6.48. The van der Waals surface area contributed by atoms with Crippen molar-refractivity contribution in [3.8, 4) is 27.9 Å². The first-order valence-corrected chi connectivity index (χ1v) is 22.8. The van der Waals surface area contributed by atoms with Crippen molar-refractivity contribution in [2.75, 3.05) is 4.90 Å². The van der Waals surface area contributed by atoms with Crippen LogP contribution in [-0.2, 0) is 5.41 Å². The number of nitrogens with zero attached hydrogens (tertiary/aromatic N) is 2. The van der Waals surface area contributed by atoms with Gasteiger partial charge in [-0.15, -0.1) is 0 Å². The molecule has 3 nitrogen and oxygen atoms in total. The number of para-hydroxylation sites is 2. The molecule has 0 fully saturated rings. The SMILES string of the molecule is c1ccc2c(c1)-c1ccccc1C21c2ccccc2-c2ccc(N(c3ccc4c5ccccc5n(-c5ccc6c(c5)oc5ccccc56)c4c3)c3cccc4ccccc34)c3cccc1c23. The van der Waals surface area contributed by atoms with E-state index in [9.17, 15) is 0 Å². The molecule has 15 rings (SSSR count). The minimum absolute atomic E-state index is 0.486. The first-order chi connectivity index (χ1) is 32.8. The van der Waals surface area contributed by atoms with Crippen LogP contribution in [0.1, 0.15) is 22.3 Å². The number of hydrogen-bond donors (Lipinski definition) is 0. The maximum absolute atomic E-state index is 6.48. The second-order valence-electron chi connectivity index (χ2n) is 17.9. The van der Waals surface area contributed by atoms with Gasteiger partial charge < -0.3 is 13.9 Å². The molecule has 0 saturated heterocycles. The highest BCUT2D eigenvalue weighted by molar-refractivity contribution is 6.15. The molecule has 3 heteroatoms. The van der Waals surface area contributed by atoms with Crippen LogP contribution < -0.4 is 4.90 Å². The molecule has 2 aliphatic carbocycles. The molecule has 13 aromatic rings. The van der Waals surface area contributed by atoms with Crippen LogP contribution in [0, 0.1) is 0 Å². The average Bonchev–Trinajstić information content (AvgIpc) is 4.02. The summed E-state index contributed by atoms with van der Waals surface area (Å²) in [6.45, 7) is 0. The molecule has 0 radical (unpaired) electrons. The number of furan rings is 1. The van der Waals surface area contributed by atoms with Gasteiger partial charge in [0.1, 0.15) is 11.2 Å². The van der Waals surface area contributed by atoms with E-state index >= 15 is 0 Å². The first kappa shape index (κ1) is 35.8. The van der Waals surface area contributed by atoms with Gasteiger partial charge in [-0.25, -0.2) is 0 Å². The van der Waals surface area contributed by atoms with Gasteiger partial charge in [0, 0.05) is 49.8 Å². The topological polar surface area (TPSA) is 21.3 Å². The van der Waals surface area contributed by atoms with Gasteiger partial charge in [-0.05, 0) is 104 Å². The summed E-state index contributed by atoms with van der Waals surface area (Å²) in [6.07, 6.45) is 0. The third-order valence-corrected chi connectivity index (χ3v) is 14.8. The second-order valence-corrected chi connectivity index (χ2v) is 17.9. The lowest BCUT2D eigenvalue weighted by molar-refractivity contribution is 0.668. The standard InChI is InChI=1S/C63H38N2O/c1-2-17-42-39(15-1)16-13-29-56(42)64(40-31-33-47-46-21-6-11-28-57(46)65(59(47)37-40)41-32-34-49-48-22-7-12-30-60(48)66-61(49)38-41)58-36-35-50-45-20-5-10-26-54(45)63(55-27-14-23-51(58)62(50)55)52-24-8-3-18-43(52)44-19-4-9-25-53(44)63/h1-38H. The first-order valence-electron chi connectivity index (χ1n) is 22.8. The second kappa shape index (κ2) is 13.2. The molecule has 0 amide bonds. The summed E-state index contributed by atoms with van der Waals surface area (Å²) in [6, 6.07) is 85.3. The molecule has 2 aliphatic rings. The van der Waals surface area contributed by atoms with E-state index in [0.29, 0.717) is 0 Å². The maximum Gasteiger partial charge on any atom is 0.137 e. The summed E-state index contributed by atoms with van der Waals surface area (Å²) < 4.78 is 8.89. The fraction of sp³-hybridized carbons (Fsp3) is 0.0159. The van der Waals surface area contributed by atoms with Crippen molar-refractivity contribution in [3.63, 3.8) is 0 Å². The third kappa shape index (κ3) is 4.61. The minimum atomic E-state index is -0.486. The zero-order chi connectivity index (χ0) is 43.1. The zero-order valence-corrected chi connectivity index (χ0v) is 35.7. The molecule has 0 atom stereocenters. The van der Waals surface area contributed by atoms with Gasteiger partial charge in [0.15, 0.2) is 0 Å². The smallest absolute Gasteiger partial charge is 0.137 e. The van der Waals surface area contributed by atoms with Gasteiger partial charge in [-0.2, -0.15) is 0 Å². The zero-order valence-electron chi connectivity index (χ0n) is 35.7. The Labute approximate surface area is 380 Å².